The fourth-order valence-electron chi connectivity index (χ4n) is 2.64. The fourth-order valence-corrected chi connectivity index (χ4v) is 3.14. The lowest BCUT2D eigenvalue weighted by Gasteiger charge is -2.16. The SMILES string of the molecule is CNCC1CCN(C(=O)CCc2ccc(Cl)cc2Cl)C1. The smallest absolute Gasteiger partial charge is 0.222 e. The summed E-state index contributed by atoms with van der Waals surface area (Å²) in [6.07, 6.45) is 2.27. The molecule has 1 aromatic carbocycles. The van der Waals surface area contributed by atoms with Crippen molar-refractivity contribution in [1.29, 1.82) is 0 Å². The molecule has 0 radical (unpaired) electrons. The van der Waals surface area contributed by atoms with Crippen LogP contribution in [-0.2, 0) is 11.2 Å². The van der Waals surface area contributed by atoms with Gasteiger partial charge < -0.3 is 10.2 Å². The van der Waals surface area contributed by atoms with E-state index in [2.05, 4.69) is 5.32 Å². The Kier molecular flexibility index (Phi) is 5.70. The Labute approximate surface area is 130 Å². The molecule has 1 fully saturated rings. The number of likely N-dealkylation sites (tertiary alicyclic amines) is 1. The molecule has 1 aliphatic heterocycles. The number of amides is 1. The molecule has 110 valence electrons. The van der Waals surface area contributed by atoms with E-state index in [1.54, 1.807) is 6.07 Å². The molecule has 0 aromatic heterocycles. The van der Waals surface area contributed by atoms with Crippen molar-refractivity contribution in [1.82, 2.24) is 10.2 Å². The van der Waals surface area contributed by atoms with E-state index in [0.29, 0.717) is 28.8 Å². The van der Waals surface area contributed by atoms with Gasteiger partial charge in [0.05, 0.1) is 0 Å². The monoisotopic (exact) mass is 314 g/mol. The lowest BCUT2D eigenvalue weighted by Crippen LogP contribution is -2.30. The number of carbonyl (C=O) groups excluding carboxylic acids is 1. The number of benzene rings is 1. The Morgan fingerprint density at radius 3 is 2.95 bits per heavy atom. The van der Waals surface area contributed by atoms with Crippen LogP contribution in [0.1, 0.15) is 18.4 Å². The largest absolute Gasteiger partial charge is 0.342 e. The van der Waals surface area contributed by atoms with Gasteiger partial charge in [0.25, 0.3) is 0 Å². The van der Waals surface area contributed by atoms with Crippen LogP contribution in [0.2, 0.25) is 10.0 Å². The van der Waals surface area contributed by atoms with Crippen molar-refractivity contribution >= 4 is 29.1 Å². The van der Waals surface area contributed by atoms with Crippen LogP contribution < -0.4 is 5.32 Å². The van der Waals surface area contributed by atoms with E-state index in [1.807, 2.05) is 24.1 Å². The van der Waals surface area contributed by atoms with Crippen molar-refractivity contribution in [3.8, 4) is 0 Å². The number of carbonyl (C=O) groups is 1. The first-order valence-electron chi connectivity index (χ1n) is 6.96. The summed E-state index contributed by atoms with van der Waals surface area (Å²) in [5.74, 6) is 0.803. The Morgan fingerprint density at radius 2 is 2.25 bits per heavy atom. The van der Waals surface area contributed by atoms with Crippen LogP contribution in [0.15, 0.2) is 18.2 Å². The zero-order chi connectivity index (χ0) is 14.5. The van der Waals surface area contributed by atoms with Crippen molar-refractivity contribution < 1.29 is 4.79 Å². The number of hydrogen-bond donors (Lipinski definition) is 1. The Bertz CT molecular complexity index is 479. The quantitative estimate of drug-likeness (QED) is 0.906. The van der Waals surface area contributed by atoms with Gasteiger partial charge in [-0.15, -0.1) is 0 Å². The van der Waals surface area contributed by atoms with Crippen LogP contribution in [0, 0.1) is 5.92 Å². The van der Waals surface area contributed by atoms with Crippen molar-refractivity contribution in [2.45, 2.75) is 19.3 Å². The highest BCUT2D eigenvalue weighted by Gasteiger charge is 2.25. The molecule has 0 saturated carbocycles. The van der Waals surface area contributed by atoms with Gasteiger partial charge in [-0.2, -0.15) is 0 Å². The topological polar surface area (TPSA) is 32.3 Å². The minimum atomic E-state index is 0.217. The lowest BCUT2D eigenvalue weighted by molar-refractivity contribution is -0.130. The molecule has 1 heterocycles. The Hall–Kier alpha value is -0.770. The third-order valence-corrected chi connectivity index (χ3v) is 4.34. The van der Waals surface area contributed by atoms with Gasteiger partial charge in [0.1, 0.15) is 0 Å². The molecule has 0 bridgehead atoms. The van der Waals surface area contributed by atoms with Crippen molar-refractivity contribution in [2.75, 3.05) is 26.7 Å². The number of nitrogens with one attached hydrogen (secondary N) is 1. The molecular formula is C15H20Cl2N2O. The van der Waals surface area contributed by atoms with E-state index in [9.17, 15) is 4.79 Å². The van der Waals surface area contributed by atoms with Crippen molar-refractivity contribution in [3.05, 3.63) is 33.8 Å². The molecule has 1 N–H and O–H groups in total. The van der Waals surface area contributed by atoms with E-state index < -0.39 is 0 Å². The molecule has 20 heavy (non-hydrogen) atoms. The van der Waals surface area contributed by atoms with Crippen LogP contribution in [0.3, 0.4) is 0 Å². The molecule has 1 amide bonds. The summed E-state index contributed by atoms with van der Waals surface area (Å²) in [5, 5.41) is 4.44. The number of rotatable bonds is 5. The second-order valence-electron chi connectivity index (χ2n) is 5.29. The van der Waals surface area contributed by atoms with Crippen LogP contribution in [-0.4, -0.2) is 37.5 Å². The first kappa shape index (κ1) is 15.6. The maximum absolute atomic E-state index is 12.2. The molecule has 2 rings (SSSR count). The first-order chi connectivity index (χ1) is 9.60. The summed E-state index contributed by atoms with van der Waals surface area (Å²) in [5.41, 5.74) is 0.982. The molecule has 1 unspecified atom stereocenters. The first-order valence-corrected chi connectivity index (χ1v) is 7.72. The average Bonchev–Trinajstić information content (AvgIpc) is 2.86. The summed E-state index contributed by atoms with van der Waals surface area (Å²) in [6.45, 7) is 2.72. The van der Waals surface area contributed by atoms with Crippen molar-refractivity contribution in [3.63, 3.8) is 0 Å². The minimum Gasteiger partial charge on any atom is -0.342 e. The third kappa shape index (κ3) is 4.11. The number of aryl methyl sites for hydroxylation is 1. The van der Waals surface area contributed by atoms with Crippen LogP contribution in [0.25, 0.3) is 0 Å². The molecular weight excluding hydrogens is 295 g/mol. The highest BCUT2D eigenvalue weighted by molar-refractivity contribution is 6.35. The molecule has 1 aliphatic rings. The van der Waals surface area contributed by atoms with Crippen LogP contribution >= 0.6 is 23.2 Å². The number of nitrogens with zero attached hydrogens (tertiary/aromatic N) is 1. The van der Waals surface area contributed by atoms with Gasteiger partial charge in [-0.3, -0.25) is 4.79 Å². The van der Waals surface area contributed by atoms with Crippen LogP contribution in [0.5, 0.6) is 0 Å². The average molecular weight is 315 g/mol. The highest BCUT2D eigenvalue weighted by atomic mass is 35.5. The van der Waals surface area contributed by atoms with Gasteiger partial charge in [-0.25, -0.2) is 0 Å². The second kappa shape index (κ2) is 7.30. The summed E-state index contributed by atoms with van der Waals surface area (Å²) >= 11 is 12.0. The Balaban J connectivity index is 1.83. The van der Waals surface area contributed by atoms with E-state index >= 15 is 0 Å². The standard InChI is InChI=1S/C15H20Cl2N2O/c1-18-9-11-6-7-19(10-11)15(20)5-3-12-2-4-13(16)8-14(12)17/h2,4,8,11,18H,3,5-7,9-10H2,1H3. The Morgan fingerprint density at radius 1 is 1.45 bits per heavy atom. The zero-order valence-corrected chi connectivity index (χ0v) is 13.2. The van der Waals surface area contributed by atoms with Gasteiger partial charge in [-0.05, 0) is 50.0 Å². The normalized spacial score (nSPS) is 18.6. The fraction of sp³-hybridized carbons (Fsp3) is 0.533. The van der Waals surface area contributed by atoms with Crippen molar-refractivity contribution in [2.24, 2.45) is 5.92 Å². The van der Waals surface area contributed by atoms with Gasteiger partial charge >= 0.3 is 0 Å². The molecule has 0 spiro atoms. The number of hydrogen-bond acceptors (Lipinski definition) is 2. The van der Waals surface area contributed by atoms with Gasteiger partial charge in [-0.1, -0.05) is 29.3 Å². The minimum absolute atomic E-state index is 0.217. The highest BCUT2D eigenvalue weighted by Crippen LogP contribution is 2.23. The van der Waals surface area contributed by atoms with Gasteiger partial charge in [0.15, 0.2) is 0 Å². The zero-order valence-electron chi connectivity index (χ0n) is 11.7. The van der Waals surface area contributed by atoms with Gasteiger partial charge in [0, 0.05) is 29.6 Å². The third-order valence-electron chi connectivity index (χ3n) is 3.75. The summed E-state index contributed by atoms with van der Waals surface area (Å²) in [4.78, 5) is 14.1. The maximum Gasteiger partial charge on any atom is 0.222 e. The van der Waals surface area contributed by atoms with E-state index in [4.69, 9.17) is 23.2 Å². The molecule has 5 heteroatoms. The van der Waals surface area contributed by atoms with Crippen LogP contribution in [0.4, 0.5) is 0 Å². The van der Waals surface area contributed by atoms with E-state index in [1.165, 1.54) is 0 Å². The molecule has 3 nitrogen and oxygen atoms in total. The maximum atomic E-state index is 12.2. The lowest BCUT2D eigenvalue weighted by atomic mass is 10.1. The number of halogens is 2. The predicted octanol–water partition coefficient (Wildman–Crippen LogP) is 2.99. The van der Waals surface area contributed by atoms with Gasteiger partial charge in [0.2, 0.25) is 5.91 Å². The molecule has 1 aromatic rings. The summed E-state index contributed by atoms with van der Waals surface area (Å²) in [6, 6.07) is 5.43. The summed E-state index contributed by atoms with van der Waals surface area (Å²) in [7, 11) is 1.95. The van der Waals surface area contributed by atoms with E-state index in [0.717, 1.165) is 31.6 Å². The second-order valence-corrected chi connectivity index (χ2v) is 6.13. The van der Waals surface area contributed by atoms with E-state index in [-0.39, 0.29) is 5.91 Å². The molecule has 0 aliphatic carbocycles. The summed E-state index contributed by atoms with van der Waals surface area (Å²) < 4.78 is 0. The molecule has 1 saturated heterocycles. The predicted molar refractivity (Wildman–Crippen MR) is 83.4 cm³/mol. The molecule has 1 atom stereocenters.